The van der Waals surface area contributed by atoms with E-state index in [9.17, 15) is 13.2 Å². The molecule has 1 amide bonds. The SMILES string of the molecule is CC(C)c1ccc2nc(NC(=O)c3cccc(NS(=O)(=O)c4ccc(Cl)cc4)c3)sc2c1. The lowest BCUT2D eigenvalue weighted by Crippen LogP contribution is -2.15. The average molecular weight is 486 g/mol. The van der Waals surface area contributed by atoms with Gasteiger partial charge in [0.05, 0.1) is 15.1 Å². The number of aromatic nitrogens is 1. The van der Waals surface area contributed by atoms with Crippen molar-refractivity contribution in [2.24, 2.45) is 0 Å². The van der Waals surface area contributed by atoms with Gasteiger partial charge in [-0.05, 0) is 66.1 Å². The molecule has 0 bridgehead atoms. The highest BCUT2D eigenvalue weighted by Crippen LogP contribution is 2.29. The van der Waals surface area contributed by atoms with Crippen molar-refractivity contribution in [3.63, 3.8) is 0 Å². The average Bonchev–Trinajstić information content (AvgIpc) is 3.15. The standard InChI is InChI=1S/C23H20ClN3O3S2/c1-14(2)15-6-11-20-21(13-15)31-23(25-20)26-22(28)16-4-3-5-18(12-16)27-32(29,30)19-9-7-17(24)8-10-19/h3-14,27H,1-2H3,(H,25,26,28). The van der Waals surface area contributed by atoms with Crippen LogP contribution in [-0.4, -0.2) is 19.3 Å². The summed E-state index contributed by atoms with van der Waals surface area (Å²) in [6.07, 6.45) is 0. The van der Waals surface area contributed by atoms with Gasteiger partial charge in [0.25, 0.3) is 15.9 Å². The predicted molar refractivity (Wildman–Crippen MR) is 130 cm³/mol. The van der Waals surface area contributed by atoms with Crippen LogP contribution in [-0.2, 0) is 10.0 Å². The van der Waals surface area contributed by atoms with Crippen LogP contribution in [0.5, 0.6) is 0 Å². The molecular formula is C23H20ClN3O3S2. The Morgan fingerprint density at radius 3 is 2.50 bits per heavy atom. The number of anilines is 2. The lowest BCUT2D eigenvalue weighted by atomic mass is 10.0. The van der Waals surface area contributed by atoms with Crippen LogP contribution in [0, 0.1) is 0 Å². The summed E-state index contributed by atoms with van der Waals surface area (Å²) >= 11 is 7.23. The molecule has 0 saturated heterocycles. The Labute approximate surface area is 195 Å². The number of carbonyl (C=O) groups excluding carboxylic acids is 1. The van der Waals surface area contributed by atoms with Crippen molar-refractivity contribution in [3.05, 3.63) is 82.9 Å². The quantitative estimate of drug-likeness (QED) is 0.344. The first-order chi connectivity index (χ1) is 15.2. The summed E-state index contributed by atoms with van der Waals surface area (Å²) in [6, 6.07) is 18.2. The molecule has 0 aliphatic carbocycles. The molecule has 3 aromatic carbocycles. The van der Waals surface area contributed by atoms with Crippen molar-refractivity contribution in [2.45, 2.75) is 24.7 Å². The topological polar surface area (TPSA) is 88.2 Å². The highest BCUT2D eigenvalue weighted by molar-refractivity contribution is 7.92. The molecule has 164 valence electrons. The number of nitrogens with one attached hydrogen (secondary N) is 2. The molecule has 1 aromatic heterocycles. The molecule has 0 unspecified atom stereocenters. The molecule has 9 heteroatoms. The first-order valence-corrected chi connectivity index (χ1v) is 12.5. The van der Waals surface area contributed by atoms with Crippen molar-refractivity contribution in [1.82, 2.24) is 4.98 Å². The zero-order valence-corrected chi connectivity index (χ0v) is 19.7. The summed E-state index contributed by atoms with van der Waals surface area (Å²) in [7, 11) is -3.81. The Morgan fingerprint density at radius 2 is 1.78 bits per heavy atom. The highest BCUT2D eigenvalue weighted by Gasteiger charge is 2.16. The number of fused-ring (bicyclic) bond motifs is 1. The van der Waals surface area contributed by atoms with Gasteiger partial charge in [-0.3, -0.25) is 14.8 Å². The van der Waals surface area contributed by atoms with Gasteiger partial charge < -0.3 is 0 Å². The third kappa shape index (κ3) is 4.93. The number of carbonyl (C=O) groups is 1. The molecule has 0 radical (unpaired) electrons. The molecule has 2 N–H and O–H groups in total. The van der Waals surface area contributed by atoms with Crippen LogP contribution in [0.15, 0.2) is 71.6 Å². The van der Waals surface area contributed by atoms with Crippen molar-refractivity contribution >= 4 is 59.9 Å². The minimum Gasteiger partial charge on any atom is -0.298 e. The first kappa shape index (κ1) is 22.3. The van der Waals surface area contributed by atoms with Gasteiger partial charge in [0.2, 0.25) is 0 Å². The van der Waals surface area contributed by atoms with E-state index >= 15 is 0 Å². The van der Waals surface area contributed by atoms with Gasteiger partial charge in [0.15, 0.2) is 5.13 Å². The maximum absolute atomic E-state index is 12.8. The fraction of sp³-hybridized carbons (Fsp3) is 0.130. The Morgan fingerprint density at radius 1 is 1.03 bits per heavy atom. The van der Waals surface area contributed by atoms with Gasteiger partial charge in [-0.15, -0.1) is 0 Å². The maximum Gasteiger partial charge on any atom is 0.261 e. The Balaban J connectivity index is 1.52. The molecular weight excluding hydrogens is 466 g/mol. The molecule has 0 spiro atoms. The van der Waals surface area contributed by atoms with Crippen LogP contribution in [0.25, 0.3) is 10.2 Å². The molecule has 0 aliphatic rings. The fourth-order valence-electron chi connectivity index (χ4n) is 3.07. The number of sulfonamides is 1. The molecule has 0 aliphatic heterocycles. The van der Waals surface area contributed by atoms with E-state index in [4.69, 9.17) is 11.6 Å². The number of thiazole rings is 1. The van der Waals surface area contributed by atoms with E-state index in [1.807, 2.05) is 12.1 Å². The lowest BCUT2D eigenvalue weighted by Gasteiger charge is -2.09. The minimum atomic E-state index is -3.81. The molecule has 0 fully saturated rings. The monoisotopic (exact) mass is 485 g/mol. The van der Waals surface area contributed by atoms with E-state index in [2.05, 4.69) is 34.9 Å². The third-order valence-electron chi connectivity index (χ3n) is 4.80. The van der Waals surface area contributed by atoms with Crippen LogP contribution in [0.4, 0.5) is 10.8 Å². The molecule has 4 rings (SSSR count). The minimum absolute atomic E-state index is 0.0759. The van der Waals surface area contributed by atoms with E-state index in [1.165, 1.54) is 47.2 Å². The number of amides is 1. The van der Waals surface area contributed by atoms with Gasteiger partial charge in [-0.25, -0.2) is 13.4 Å². The summed E-state index contributed by atoms with van der Waals surface area (Å²) in [6.45, 7) is 4.25. The van der Waals surface area contributed by atoms with Crippen LogP contribution >= 0.6 is 22.9 Å². The Kier molecular flexibility index (Phi) is 6.19. The van der Waals surface area contributed by atoms with Gasteiger partial charge >= 0.3 is 0 Å². The predicted octanol–water partition coefficient (Wildman–Crippen LogP) is 6.13. The summed E-state index contributed by atoms with van der Waals surface area (Å²) in [4.78, 5) is 17.3. The van der Waals surface area contributed by atoms with Crippen molar-refractivity contribution < 1.29 is 13.2 Å². The lowest BCUT2D eigenvalue weighted by molar-refractivity contribution is 0.102. The van der Waals surface area contributed by atoms with Crippen molar-refractivity contribution in [1.29, 1.82) is 0 Å². The summed E-state index contributed by atoms with van der Waals surface area (Å²) in [5.74, 6) is 0.0274. The fourth-order valence-corrected chi connectivity index (χ4v) is 5.16. The van der Waals surface area contributed by atoms with Crippen LogP contribution in [0.2, 0.25) is 5.02 Å². The smallest absolute Gasteiger partial charge is 0.261 e. The maximum atomic E-state index is 12.8. The molecule has 6 nitrogen and oxygen atoms in total. The number of hydrogen-bond donors (Lipinski definition) is 2. The van der Waals surface area contributed by atoms with Crippen LogP contribution in [0.3, 0.4) is 0 Å². The second-order valence-corrected chi connectivity index (χ2v) is 10.6. The number of hydrogen-bond acceptors (Lipinski definition) is 5. The van der Waals surface area contributed by atoms with E-state index < -0.39 is 10.0 Å². The number of rotatable bonds is 6. The summed E-state index contributed by atoms with van der Waals surface area (Å²) in [5, 5.41) is 3.73. The number of benzene rings is 3. The Bertz CT molecular complexity index is 1400. The highest BCUT2D eigenvalue weighted by atomic mass is 35.5. The van der Waals surface area contributed by atoms with Crippen molar-refractivity contribution in [2.75, 3.05) is 10.0 Å². The van der Waals surface area contributed by atoms with Crippen LogP contribution < -0.4 is 10.0 Å². The van der Waals surface area contributed by atoms with E-state index in [1.54, 1.807) is 18.2 Å². The van der Waals surface area contributed by atoms with Gasteiger partial charge in [0, 0.05) is 16.3 Å². The zero-order valence-electron chi connectivity index (χ0n) is 17.3. The summed E-state index contributed by atoms with van der Waals surface area (Å²) in [5.41, 5.74) is 2.61. The first-order valence-electron chi connectivity index (χ1n) is 9.81. The van der Waals surface area contributed by atoms with E-state index in [0.29, 0.717) is 21.6 Å². The van der Waals surface area contributed by atoms with Gasteiger partial charge in [-0.1, -0.05) is 48.9 Å². The van der Waals surface area contributed by atoms with E-state index in [0.717, 1.165) is 10.2 Å². The van der Waals surface area contributed by atoms with Gasteiger partial charge in [-0.2, -0.15) is 0 Å². The van der Waals surface area contributed by atoms with Crippen LogP contribution in [0.1, 0.15) is 35.7 Å². The second-order valence-electron chi connectivity index (χ2n) is 7.50. The van der Waals surface area contributed by atoms with Gasteiger partial charge in [0.1, 0.15) is 0 Å². The number of nitrogens with zero attached hydrogens (tertiary/aromatic N) is 1. The molecule has 0 atom stereocenters. The zero-order chi connectivity index (χ0) is 22.9. The summed E-state index contributed by atoms with van der Waals surface area (Å²) < 4.78 is 28.7. The number of halogens is 1. The van der Waals surface area contributed by atoms with Crippen molar-refractivity contribution in [3.8, 4) is 0 Å². The Hall–Kier alpha value is -2.94. The second kappa shape index (κ2) is 8.90. The largest absolute Gasteiger partial charge is 0.298 e. The van der Waals surface area contributed by atoms with E-state index in [-0.39, 0.29) is 16.5 Å². The molecule has 32 heavy (non-hydrogen) atoms. The molecule has 4 aromatic rings. The normalized spacial score (nSPS) is 11.6. The molecule has 0 saturated carbocycles. The molecule has 1 heterocycles. The third-order valence-corrected chi connectivity index (χ3v) is 7.38.